The molecule has 0 spiro atoms. The van der Waals surface area contributed by atoms with Crippen molar-refractivity contribution in [2.45, 2.75) is 11.8 Å². The highest BCUT2D eigenvalue weighted by Crippen LogP contribution is 2.60. The predicted octanol–water partition coefficient (Wildman–Crippen LogP) is 3.32. The third-order valence-electron chi connectivity index (χ3n) is 6.75. The van der Waals surface area contributed by atoms with Crippen molar-refractivity contribution >= 4 is 18.0 Å². The predicted molar refractivity (Wildman–Crippen MR) is 113 cm³/mol. The first kappa shape index (κ1) is 17.9. The van der Waals surface area contributed by atoms with E-state index in [0.29, 0.717) is 5.56 Å². The van der Waals surface area contributed by atoms with Gasteiger partial charge in [-0.1, -0.05) is 48.5 Å². The van der Waals surface area contributed by atoms with Crippen molar-refractivity contribution in [3.8, 4) is 11.5 Å². The highest BCUT2D eigenvalue weighted by Gasteiger charge is 2.61. The van der Waals surface area contributed by atoms with Crippen LogP contribution in [0.1, 0.15) is 39.7 Å². The molecule has 2 N–H and O–H groups in total. The van der Waals surface area contributed by atoms with Gasteiger partial charge in [-0.2, -0.15) is 10.1 Å². The zero-order chi connectivity index (χ0) is 21.3. The van der Waals surface area contributed by atoms with Crippen LogP contribution in [0.2, 0.25) is 0 Å². The number of benzene rings is 3. The van der Waals surface area contributed by atoms with Crippen LogP contribution in [0.3, 0.4) is 0 Å². The zero-order valence-electron chi connectivity index (χ0n) is 16.3. The quantitative estimate of drug-likeness (QED) is 0.501. The van der Waals surface area contributed by atoms with E-state index < -0.39 is 11.8 Å². The Morgan fingerprint density at radius 1 is 0.742 bits per heavy atom. The summed E-state index contributed by atoms with van der Waals surface area (Å²) in [4.78, 5) is 26.8. The van der Waals surface area contributed by atoms with Crippen molar-refractivity contribution in [1.29, 1.82) is 0 Å². The van der Waals surface area contributed by atoms with E-state index in [1.54, 1.807) is 0 Å². The van der Waals surface area contributed by atoms with Crippen LogP contribution >= 0.6 is 0 Å². The lowest BCUT2D eigenvalue weighted by Crippen LogP contribution is -2.41. The number of hydrogen-bond acceptors (Lipinski definition) is 5. The Morgan fingerprint density at radius 3 is 1.68 bits per heavy atom. The number of carbonyl (C=O) groups excluding carboxylic acids is 2. The lowest BCUT2D eigenvalue weighted by Gasteiger charge is -2.45. The number of rotatable bonds is 2. The molecule has 2 amide bonds. The van der Waals surface area contributed by atoms with E-state index in [1.807, 2.05) is 24.3 Å². The van der Waals surface area contributed by atoms with Gasteiger partial charge < -0.3 is 10.2 Å². The van der Waals surface area contributed by atoms with E-state index in [4.69, 9.17) is 0 Å². The molecular formula is C25H18N2O4. The highest BCUT2D eigenvalue weighted by molar-refractivity contribution is 6.08. The largest absolute Gasteiger partial charge is 0.508 e. The van der Waals surface area contributed by atoms with Crippen LogP contribution in [-0.4, -0.2) is 33.3 Å². The van der Waals surface area contributed by atoms with Crippen LogP contribution in [0.25, 0.3) is 0 Å². The summed E-state index contributed by atoms with van der Waals surface area (Å²) in [5, 5.41) is 24.6. The number of hydrazone groups is 1. The van der Waals surface area contributed by atoms with Crippen LogP contribution < -0.4 is 0 Å². The van der Waals surface area contributed by atoms with E-state index in [9.17, 15) is 19.8 Å². The molecule has 0 saturated carbocycles. The molecule has 31 heavy (non-hydrogen) atoms. The van der Waals surface area contributed by atoms with Crippen molar-refractivity contribution < 1.29 is 19.8 Å². The first-order chi connectivity index (χ1) is 15.1. The van der Waals surface area contributed by atoms with Gasteiger partial charge in [0.25, 0.3) is 11.8 Å². The molecule has 0 aromatic heterocycles. The molecule has 4 aliphatic rings. The Balaban J connectivity index is 1.45. The molecule has 152 valence electrons. The molecule has 0 radical (unpaired) electrons. The second-order valence-electron chi connectivity index (χ2n) is 8.24. The van der Waals surface area contributed by atoms with Crippen LogP contribution in [0, 0.1) is 11.8 Å². The first-order valence-corrected chi connectivity index (χ1v) is 10.2. The second-order valence-corrected chi connectivity index (χ2v) is 8.24. The van der Waals surface area contributed by atoms with Gasteiger partial charge in [0.2, 0.25) is 0 Å². The van der Waals surface area contributed by atoms with Gasteiger partial charge in [-0.15, -0.1) is 0 Å². The summed E-state index contributed by atoms with van der Waals surface area (Å²) in [6.07, 6.45) is 1.28. The molecule has 7 rings (SSSR count). The molecule has 1 aliphatic heterocycles. The molecular weight excluding hydrogens is 392 g/mol. The molecule has 6 nitrogen and oxygen atoms in total. The maximum Gasteiger partial charge on any atom is 0.254 e. The van der Waals surface area contributed by atoms with Crippen molar-refractivity contribution in [2.75, 3.05) is 0 Å². The van der Waals surface area contributed by atoms with Crippen molar-refractivity contribution in [1.82, 2.24) is 5.01 Å². The summed E-state index contributed by atoms with van der Waals surface area (Å²) >= 11 is 0. The van der Waals surface area contributed by atoms with Crippen LogP contribution in [0.15, 0.2) is 71.8 Å². The van der Waals surface area contributed by atoms with Gasteiger partial charge in [0.1, 0.15) is 11.5 Å². The summed E-state index contributed by atoms with van der Waals surface area (Å²) in [5.74, 6) is -2.24. The summed E-state index contributed by atoms with van der Waals surface area (Å²) in [5.41, 5.74) is 4.74. The van der Waals surface area contributed by atoms with Gasteiger partial charge in [0.15, 0.2) is 0 Å². The molecule has 3 aliphatic carbocycles. The zero-order valence-corrected chi connectivity index (χ0v) is 16.3. The summed E-state index contributed by atoms with van der Waals surface area (Å²) in [7, 11) is 0. The second kappa shape index (κ2) is 6.28. The standard InChI is InChI=1S/C25H18N2O4/c28-14-10-9-13(19(29)11-14)12-26-27-24(30)22-20-15-5-1-2-6-16(15)21(23(22)25(27)31)18-8-4-3-7-17(18)20/h1-12,20-23,28-29H/b26-12-/t20?,21?,22-,23-/m0/s1. The Labute approximate surface area is 178 Å². The number of amides is 2. The molecule has 2 atom stereocenters. The number of phenolic OH excluding ortho intramolecular Hbond substituents is 2. The summed E-state index contributed by atoms with van der Waals surface area (Å²) < 4.78 is 0. The number of phenols is 2. The lowest BCUT2D eigenvalue weighted by atomic mass is 9.55. The minimum absolute atomic E-state index is 0.0823. The minimum atomic E-state index is -0.493. The maximum atomic E-state index is 13.4. The maximum absolute atomic E-state index is 13.4. The normalized spacial score (nSPS) is 25.6. The van der Waals surface area contributed by atoms with Crippen LogP contribution in [0.4, 0.5) is 0 Å². The van der Waals surface area contributed by atoms with Crippen LogP contribution in [0.5, 0.6) is 11.5 Å². The first-order valence-electron chi connectivity index (χ1n) is 10.2. The number of carbonyl (C=O) groups is 2. The van der Waals surface area contributed by atoms with E-state index in [0.717, 1.165) is 27.3 Å². The van der Waals surface area contributed by atoms with Crippen LogP contribution in [-0.2, 0) is 9.59 Å². The van der Waals surface area contributed by atoms with Gasteiger partial charge in [-0.05, 0) is 34.4 Å². The Hall–Kier alpha value is -3.93. The van der Waals surface area contributed by atoms with Crippen molar-refractivity contribution in [3.63, 3.8) is 0 Å². The van der Waals surface area contributed by atoms with E-state index >= 15 is 0 Å². The fraction of sp³-hybridized carbons (Fsp3) is 0.160. The smallest absolute Gasteiger partial charge is 0.254 e. The average Bonchev–Trinajstić information content (AvgIpc) is 3.04. The van der Waals surface area contributed by atoms with Gasteiger partial charge in [0.05, 0.1) is 18.1 Å². The fourth-order valence-corrected chi connectivity index (χ4v) is 5.54. The molecule has 1 heterocycles. The number of hydrogen-bond donors (Lipinski definition) is 2. The number of nitrogens with zero attached hydrogens (tertiary/aromatic N) is 2. The van der Waals surface area contributed by atoms with E-state index in [1.165, 1.54) is 24.4 Å². The Bertz CT molecular complexity index is 1180. The molecule has 0 unspecified atom stereocenters. The van der Waals surface area contributed by atoms with Crippen molar-refractivity contribution in [2.24, 2.45) is 16.9 Å². The minimum Gasteiger partial charge on any atom is -0.508 e. The molecule has 6 heteroatoms. The molecule has 2 bridgehead atoms. The number of aromatic hydroxyl groups is 2. The molecule has 1 saturated heterocycles. The van der Waals surface area contributed by atoms with Gasteiger partial charge in [-0.3, -0.25) is 9.59 Å². The SMILES string of the molecule is O=C1[C@H]2C3c4ccccc4C(c4ccccc43)[C@@H]2C(=O)N1/N=C\c1ccc(O)cc1O. The van der Waals surface area contributed by atoms with Gasteiger partial charge in [-0.25, -0.2) is 0 Å². The molecule has 1 fully saturated rings. The fourth-order valence-electron chi connectivity index (χ4n) is 5.54. The van der Waals surface area contributed by atoms with E-state index in [-0.39, 0.29) is 35.1 Å². The topological polar surface area (TPSA) is 90.2 Å². The van der Waals surface area contributed by atoms with Gasteiger partial charge in [0, 0.05) is 23.5 Å². The highest BCUT2D eigenvalue weighted by atomic mass is 16.3. The molecule has 3 aromatic rings. The summed E-state index contributed by atoms with van der Waals surface area (Å²) in [6.45, 7) is 0. The Kier molecular flexibility index (Phi) is 3.63. The summed E-state index contributed by atoms with van der Waals surface area (Å²) in [6, 6.07) is 20.2. The third kappa shape index (κ3) is 2.36. The Morgan fingerprint density at radius 2 is 1.23 bits per heavy atom. The third-order valence-corrected chi connectivity index (χ3v) is 6.75. The number of imide groups is 1. The monoisotopic (exact) mass is 410 g/mol. The lowest BCUT2D eigenvalue weighted by molar-refractivity contribution is -0.139. The molecule has 3 aromatic carbocycles. The van der Waals surface area contributed by atoms with Crippen molar-refractivity contribution in [3.05, 3.63) is 94.5 Å². The van der Waals surface area contributed by atoms with E-state index in [2.05, 4.69) is 29.4 Å². The van der Waals surface area contributed by atoms with Gasteiger partial charge >= 0.3 is 0 Å². The average molecular weight is 410 g/mol.